The highest BCUT2D eigenvalue weighted by atomic mass is 32.2. The Labute approximate surface area is 115 Å². The van der Waals surface area contributed by atoms with Crippen LogP contribution in [0.3, 0.4) is 0 Å². The van der Waals surface area contributed by atoms with Gasteiger partial charge < -0.3 is 10.0 Å². The van der Waals surface area contributed by atoms with Crippen LogP contribution in [-0.2, 0) is 10.0 Å². The van der Waals surface area contributed by atoms with Crippen molar-refractivity contribution in [3.05, 3.63) is 24.3 Å². The van der Waals surface area contributed by atoms with Crippen LogP contribution in [0.15, 0.2) is 24.3 Å². The maximum atomic E-state index is 11.8. The van der Waals surface area contributed by atoms with Gasteiger partial charge in [0.1, 0.15) is 5.25 Å². The minimum atomic E-state index is -3.52. The molecule has 6 heteroatoms. The minimum Gasteiger partial charge on any atom is -0.395 e. The van der Waals surface area contributed by atoms with E-state index in [2.05, 4.69) is 23.5 Å². The summed E-state index contributed by atoms with van der Waals surface area (Å²) in [5, 5.41) is 8.08. The Morgan fingerprint density at radius 3 is 2.16 bits per heavy atom. The average Bonchev–Trinajstić information content (AvgIpc) is 2.40. The van der Waals surface area contributed by atoms with Crippen molar-refractivity contribution >= 4 is 21.4 Å². The SMILES string of the molecule is CCN(CC)c1ccc(NS(=O)(=O)C(C)CO)cc1. The van der Waals surface area contributed by atoms with Gasteiger partial charge in [0.25, 0.3) is 0 Å². The monoisotopic (exact) mass is 286 g/mol. The molecule has 1 aromatic rings. The van der Waals surface area contributed by atoms with Gasteiger partial charge in [-0.05, 0) is 45.0 Å². The number of nitrogens with one attached hydrogen (secondary N) is 1. The highest BCUT2D eigenvalue weighted by Crippen LogP contribution is 2.19. The Morgan fingerprint density at radius 2 is 1.74 bits per heavy atom. The topological polar surface area (TPSA) is 69.6 Å². The van der Waals surface area contributed by atoms with Crippen molar-refractivity contribution in [1.29, 1.82) is 0 Å². The summed E-state index contributed by atoms with van der Waals surface area (Å²) in [7, 11) is -3.52. The number of aliphatic hydroxyl groups excluding tert-OH is 1. The summed E-state index contributed by atoms with van der Waals surface area (Å²) in [4.78, 5) is 2.18. The first-order valence-corrected chi connectivity index (χ1v) is 7.96. The van der Waals surface area contributed by atoms with Crippen LogP contribution >= 0.6 is 0 Å². The van der Waals surface area contributed by atoms with Crippen LogP contribution in [-0.4, -0.2) is 38.5 Å². The van der Waals surface area contributed by atoms with Crippen LogP contribution in [0, 0.1) is 0 Å². The Hall–Kier alpha value is -1.27. The molecule has 0 amide bonds. The van der Waals surface area contributed by atoms with Crippen molar-refractivity contribution in [2.75, 3.05) is 29.3 Å². The van der Waals surface area contributed by atoms with Gasteiger partial charge in [-0.2, -0.15) is 0 Å². The lowest BCUT2D eigenvalue weighted by atomic mass is 10.2. The average molecular weight is 286 g/mol. The Balaban J connectivity index is 2.83. The van der Waals surface area contributed by atoms with Gasteiger partial charge in [0.2, 0.25) is 10.0 Å². The zero-order valence-corrected chi connectivity index (χ0v) is 12.4. The number of anilines is 2. The summed E-state index contributed by atoms with van der Waals surface area (Å²) >= 11 is 0. The second kappa shape index (κ2) is 6.77. The van der Waals surface area contributed by atoms with Crippen molar-refractivity contribution < 1.29 is 13.5 Å². The molecule has 0 saturated carbocycles. The third-order valence-corrected chi connectivity index (χ3v) is 4.77. The lowest BCUT2D eigenvalue weighted by Gasteiger charge is -2.21. The van der Waals surface area contributed by atoms with Gasteiger partial charge in [-0.15, -0.1) is 0 Å². The molecule has 0 bridgehead atoms. The van der Waals surface area contributed by atoms with Gasteiger partial charge in [-0.3, -0.25) is 4.72 Å². The van der Waals surface area contributed by atoms with Crippen molar-refractivity contribution in [1.82, 2.24) is 0 Å². The molecule has 0 radical (unpaired) electrons. The summed E-state index contributed by atoms with van der Waals surface area (Å²) in [6.45, 7) is 7.03. The van der Waals surface area contributed by atoms with E-state index in [4.69, 9.17) is 5.11 Å². The number of hydrogen-bond donors (Lipinski definition) is 2. The van der Waals surface area contributed by atoms with E-state index >= 15 is 0 Å². The summed E-state index contributed by atoms with van der Waals surface area (Å²) < 4.78 is 26.0. The molecular formula is C13H22N2O3S. The number of benzene rings is 1. The summed E-state index contributed by atoms with van der Waals surface area (Å²) in [5.41, 5.74) is 1.57. The van der Waals surface area contributed by atoms with E-state index in [0.29, 0.717) is 5.69 Å². The predicted molar refractivity (Wildman–Crippen MR) is 79.1 cm³/mol. The number of sulfonamides is 1. The Morgan fingerprint density at radius 1 is 1.21 bits per heavy atom. The lowest BCUT2D eigenvalue weighted by molar-refractivity contribution is 0.296. The second-order valence-electron chi connectivity index (χ2n) is 4.36. The van der Waals surface area contributed by atoms with Gasteiger partial charge in [0, 0.05) is 24.5 Å². The first kappa shape index (κ1) is 15.8. The summed E-state index contributed by atoms with van der Waals surface area (Å²) in [6.07, 6.45) is 0. The van der Waals surface area contributed by atoms with Crippen LogP contribution < -0.4 is 9.62 Å². The first-order chi connectivity index (χ1) is 8.94. The predicted octanol–water partition coefficient (Wildman–Crippen LogP) is 1.66. The van der Waals surface area contributed by atoms with E-state index < -0.39 is 21.9 Å². The van der Waals surface area contributed by atoms with Crippen molar-refractivity contribution in [2.45, 2.75) is 26.0 Å². The van der Waals surface area contributed by atoms with Crippen molar-refractivity contribution in [3.63, 3.8) is 0 Å². The fraction of sp³-hybridized carbons (Fsp3) is 0.538. The molecule has 0 fully saturated rings. The molecule has 2 N–H and O–H groups in total. The molecule has 1 aromatic carbocycles. The molecule has 1 rings (SSSR count). The molecule has 0 aromatic heterocycles. The quantitative estimate of drug-likeness (QED) is 0.800. The van der Waals surface area contributed by atoms with Crippen LogP contribution in [0.4, 0.5) is 11.4 Å². The Bertz CT molecular complexity index is 481. The van der Waals surface area contributed by atoms with Gasteiger partial charge in [0.15, 0.2) is 0 Å². The highest BCUT2D eigenvalue weighted by molar-refractivity contribution is 7.93. The standard InChI is InChI=1S/C13H22N2O3S/c1-4-15(5-2)13-8-6-12(7-9-13)14-19(17,18)11(3)10-16/h6-9,11,14,16H,4-5,10H2,1-3H3. The molecule has 0 heterocycles. The number of rotatable bonds is 7. The molecule has 1 unspecified atom stereocenters. The molecule has 0 saturated heterocycles. The van der Waals surface area contributed by atoms with Crippen molar-refractivity contribution in [3.8, 4) is 0 Å². The maximum absolute atomic E-state index is 11.8. The molecule has 0 aliphatic carbocycles. The smallest absolute Gasteiger partial charge is 0.237 e. The van der Waals surface area contributed by atoms with Crippen LogP contribution in [0.2, 0.25) is 0 Å². The van der Waals surface area contributed by atoms with Gasteiger partial charge in [0.05, 0.1) is 6.61 Å². The van der Waals surface area contributed by atoms with Crippen LogP contribution in [0.1, 0.15) is 20.8 Å². The van der Waals surface area contributed by atoms with Crippen LogP contribution in [0.25, 0.3) is 0 Å². The summed E-state index contributed by atoms with van der Waals surface area (Å²) in [5.74, 6) is 0. The normalized spacial score (nSPS) is 13.1. The molecule has 0 spiro atoms. The lowest BCUT2D eigenvalue weighted by Crippen LogP contribution is -2.28. The molecule has 5 nitrogen and oxygen atoms in total. The fourth-order valence-electron chi connectivity index (χ4n) is 1.69. The summed E-state index contributed by atoms with van der Waals surface area (Å²) in [6, 6.07) is 7.23. The van der Waals surface area contributed by atoms with E-state index in [1.807, 2.05) is 12.1 Å². The van der Waals surface area contributed by atoms with Gasteiger partial charge in [-0.1, -0.05) is 0 Å². The van der Waals surface area contributed by atoms with E-state index in [0.717, 1.165) is 18.8 Å². The minimum absolute atomic E-state index is 0.396. The highest BCUT2D eigenvalue weighted by Gasteiger charge is 2.19. The van der Waals surface area contributed by atoms with Gasteiger partial charge >= 0.3 is 0 Å². The van der Waals surface area contributed by atoms with E-state index in [-0.39, 0.29) is 0 Å². The molecule has 1 atom stereocenters. The van der Waals surface area contributed by atoms with E-state index in [9.17, 15) is 8.42 Å². The molecule has 19 heavy (non-hydrogen) atoms. The molecule has 0 aliphatic rings. The molecular weight excluding hydrogens is 264 g/mol. The van der Waals surface area contributed by atoms with E-state index in [1.165, 1.54) is 6.92 Å². The third kappa shape index (κ3) is 4.11. The molecule has 108 valence electrons. The fourth-order valence-corrected chi connectivity index (χ4v) is 2.55. The second-order valence-corrected chi connectivity index (χ2v) is 6.46. The maximum Gasteiger partial charge on any atom is 0.237 e. The number of aliphatic hydroxyl groups is 1. The zero-order valence-electron chi connectivity index (χ0n) is 11.6. The molecule has 0 aliphatic heterocycles. The van der Waals surface area contributed by atoms with E-state index in [1.54, 1.807) is 12.1 Å². The number of nitrogens with zero attached hydrogens (tertiary/aromatic N) is 1. The van der Waals surface area contributed by atoms with Gasteiger partial charge in [-0.25, -0.2) is 8.42 Å². The number of hydrogen-bond acceptors (Lipinski definition) is 4. The third-order valence-electron chi connectivity index (χ3n) is 3.04. The van der Waals surface area contributed by atoms with Crippen LogP contribution in [0.5, 0.6) is 0 Å². The zero-order chi connectivity index (χ0) is 14.5. The van der Waals surface area contributed by atoms with Crippen molar-refractivity contribution in [2.24, 2.45) is 0 Å². The largest absolute Gasteiger partial charge is 0.395 e. The Kier molecular flexibility index (Phi) is 5.62. The first-order valence-electron chi connectivity index (χ1n) is 6.42.